The average molecular weight is 1060 g/mol. The van der Waals surface area contributed by atoms with Gasteiger partial charge in [-0.3, -0.25) is 57.7 Å². The van der Waals surface area contributed by atoms with Crippen molar-refractivity contribution in [1.82, 2.24) is 26.6 Å². The predicted octanol–water partition coefficient (Wildman–Crippen LogP) is 0.863. The van der Waals surface area contributed by atoms with Gasteiger partial charge in [0.15, 0.2) is 11.7 Å². The highest BCUT2D eigenvalue weighted by molar-refractivity contribution is 5.97. The van der Waals surface area contributed by atoms with Gasteiger partial charge in [0.1, 0.15) is 47.0 Å². The fourth-order valence-corrected chi connectivity index (χ4v) is 8.63. The van der Waals surface area contributed by atoms with E-state index < -0.39 is 126 Å². The lowest BCUT2D eigenvalue weighted by atomic mass is 9.81. The van der Waals surface area contributed by atoms with E-state index in [4.69, 9.17) is 17.2 Å². The summed E-state index contributed by atoms with van der Waals surface area (Å²) >= 11 is 0. The number of hydrogen-bond acceptors (Lipinski definition) is 15. The van der Waals surface area contributed by atoms with Gasteiger partial charge in [-0.15, -0.1) is 0 Å². The van der Waals surface area contributed by atoms with E-state index in [2.05, 4.69) is 31.6 Å². The van der Waals surface area contributed by atoms with Gasteiger partial charge >= 0.3 is 0 Å². The number of benzene rings is 1. The summed E-state index contributed by atoms with van der Waals surface area (Å²) in [5.74, 6) is -9.63. The second-order valence-electron chi connectivity index (χ2n) is 19.6. The van der Waals surface area contributed by atoms with Crippen LogP contribution in [0.2, 0.25) is 0 Å². The molecule has 22 nitrogen and oxygen atoms in total. The molecule has 1 aliphatic heterocycles. The minimum Gasteiger partial charge on any atom is -0.393 e. The number of rotatable bonds is 24. The van der Waals surface area contributed by atoms with E-state index in [1.54, 1.807) is 37.3 Å². The van der Waals surface area contributed by atoms with Crippen molar-refractivity contribution in [2.75, 3.05) is 19.6 Å². The normalized spacial score (nSPS) is 21.8. The van der Waals surface area contributed by atoms with Crippen molar-refractivity contribution in [3.63, 3.8) is 0 Å². The molecule has 1 heterocycles. The Morgan fingerprint density at radius 3 is 2.16 bits per heavy atom. The molecule has 420 valence electrons. The molecule has 0 aliphatic carbocycles. The maximum absolute atomic E-state index is 14.2. The Kier molecular flexibility index (Phi) is 30.3. The third kappa shape index (κ3) is 26.2. The highest BCUT2D eigenvalue weighted by Crippen LogP contribution is 2.25. The van der Waals surface area contributed by atoms with Crippen LogP contribution in [0.3, 0.4) is 0 Å². The van der Waals surface area contributed by atoms with Crippen LogP contribution in [-0.4, -0.2) is 136 Å². The fourth-order valence-electron chi connectivity index (χ4n) is 8.63. The van der Waals surface area contributed by atoms with Gasteiger partial charge < -0.3 is 54.0 Å². The highest BCUT2D eigenvalue weighted by atomic mass is 16.3. The van der Waals surface area contributed by atoms with E-state index in [-0.39, 0.29) is 89.8 Å². The number of carbonyl (C=O) groups excluding carboxylic acids is 11. The van der Waals surface area contributed by atoms with Gasteiger partial charge in [-0.25, -0.2) is 0 Å². The highest BCUT2D eigenvalue weighted by Gasteiger charge is 2.35. The van der Waals surface area contributed by atoms with Crippen molar-refractivity contribution in [2.24, 2.45) is 39.9 Å². The first-order valence-electron chi connectivity index (χ1n) is 26.3. The first-order chi connectivity index (χ1) is 35.5. The summed E-state index contributed by atoms with van der Waals surface area (Å²) in [6.45, 7) is 5.27. The van der Waals surface area contributed by atoms with Crippen LogP contribution in [0.5, 0.6) is 0 Å². The Morgan fingerprint density at radius 2 is 1.52 bits per heavy atom. The van der Waals surface area contributed by atoms with Crippen molar-refractivity contribution < 1.29 is 64.4 Å². The molecule has 1 aromatic rings. The minimum atomic E-state index is -1.42. The van der Waals surface area contributed by atoms with Gasteiger partial charge in [0, 0.05) is 84.1 Å². The lowest BCUT2D eigenvalue weighted by molar-refractivity contribution is -0.136. The third-order valence-electron chi connectivity index (χ3n) is 13.3. The Morgan fingerprint density at radius 1 is 0.827 bits per heavy atom. The van der Waals surface area contributed by atoms with Gasteiger partial charge in [0.05, 0.1) is 30.7 Å². The number of nitrogens with one attached hydrogen (secondary N) is 5. The Labute approximate surface area is 441 Å². The quantitative estimate of drug-likeness (QED) is 0.0390. The van der Waals surface area contributed by atoms with Crippen LogP contribution >= 0.6 is 0 Å². The zero-order chi connectivity index (χ0) is 56.0. The summed E-state index contributed by atoms with van der Waals surface area (Å²) < 4.78 is 0. The summed E-state index contributed by atoms with van der Waals surface area (Å²) in [5, 5.41) is 34.1. The maximum Gasteiger partial charge on any atom is 0.243 e. The number of aliphatic hydroxyl groups is 2. The average Bonchev–Trinajstić information content (AvgIpc) is 3.36. The molecule has 22 heteroatoms. The molecule has 1 aliphatic rings. The molecule has 0 spiro atoms. The number of nitrogens with two attached hydrogens (primary N) is 3. The molecule has 0 radical (unpaired) electrons. The largest absolute Gasteiger partial charge is 0.393 e. The van der Waals surface area contributed by atoms with Gasteiger partial charge in [-0.1, -0.05) is 56.5 Å². The molecule has 5 amide bonds. The monoisotopic (exact) mass is 1060 g/mol. The number of nitrogens with zero attached hydrogens (tertiary/aromatic N) is 1. The molecule has 1 fully saturated rings. The molecule has 9 atom stereocenters. The first kappa shape index (κ1) is 64.9. The number of amides is 5. The predicted molar refractivity (Wildman–Crippen MR) is 281 cm³/mol. The van der Waals surface area contributed by atoms with Crippen molar-refractivity contribution >= 4 is 70.2 Å². The van der Waals surface area contributed by atoms with Crippen LogP contribution in [0.15, 0.2) is 35.3 Å². The smallest absolute Gasteiger partial charge is 0.243 e. The number of aliphatic imine (C=N–C) groups is 1. The van der Waals surface area contributed by atoms with Crippen molar-refractivity contribution in [1.29, 1.82) is 0 Å². The van der Waals surface area contributed by atoms with Gasteiger partial charge in [0.2, 0.25) is 29.5 Å². The van der Waals surface area contributed by atoms with Crippen LogP contribution in [0, 0.1) is 17.8 Å². The van der Waals surface area contributed by atoms with Crippen LogP contribution in [0.1, 0.15) is 150 Å². The lowest BCUT2D eigenvalue weighted by Gasteiger charge is -2.26. The van der Waals surface area contributed by atoms with Crippen molar-refractivity contribution in [2.45, 2.75) is 186 Å². The van der Waals surface area contributed by atoms with E-state index in [0.29, 0.717) is 56.9 Å². The minimum absolute atomic E-state index is 0. The van der Waals surface area contributed by atoms with Gasteiger partial charge in [0.25, 0.3) is 0 Å². The molecule has 75 heavy (non-hydrogen) atoms. The van der Waals surface area contributed by atoms with Crippen molar-refractivity contribution in [3.8, 4) is 0 Å². The number of Topliss-reactive ketones (excluding diaryl/α,β-unsaturated/α-hetero) is 6. The second kappa shape index (κ2) is 35.1. The van der Waals surface area contributed by atoms with E-state index in [1.165, 1.54) is 20.8 Å². The number of carbonyl (C=O) groups is 11. The molecule has 0 bridgehead atoms. The van der Waals surface area contributed by atoms with Crippen LogP contribution in [-0.2, 0) is 59.2 Å². The van der Waals surface area contributed by atoms with E-state index >= 15 is 0 Å². The fraction of sp³-hybridized carbons (Fsp3) is 0.660. The molecule has 13 N–H and O–H groups in total. The standard InChI is InChI=1S/C53H83N9O13.H2/c1-5-37(66)18-10-7-11-19-41(54)45(68)22-24-49(72)60-43-21-23-48(71)57-25-13-12-17-36(46(69)30-39(32(2)63)33(3)64)28-47(70)40(34(4)65)29-38(67)31-59-50(73)44(27-35-15-8-6-9-16-35)62-51(74)42(61-52(43)75)20-14-26-58-53(55)56;/h6,8-9,15-16,32,34,36,39-44,63,65H,5,7,10-14,17-31,54H2,1-4H3,(H,57,71)(H,59,73)(H,60,72)(H,61,75)(H,62,74)(H4,55,56,58);1H/t32-,34-,36-,39+,40+,41+,42+,43+,44+;/m1./s1/i;1+2. The molecule has 0 saturated carbocycles. The molecule has 2 rings (SSSR count). The number of guanidine groups is 1. The molecular formula is C53H85N9O13. The van der Waals surface area contributed by atoms with E-state index in [1.807, 2.05) is 0 Å². The molecule has 0 unspecified atom stereocenters. The third-order valence-corrected chi connectivity index (χ3v) is 13.3. The lowest BCUT2D eigenvalue weighted by Crippen LogP contribution is -2.57. The molecule has 1 saturated heterocycles. The first-order valence-corrected chi connectivity index (χ1v) is 26.3. The summed E-state index contributed by atoms with van der Waals surface area (Å²) in [6.07, 6.45) is -0.956. The van der Waals surface area contributed by atoms with Crippen molar-refractivity contribution in [3.05, 3.63) is 35.9 Å². The topological polar surface area (TPSA) is 379 Å². The summed E-state index contributed by atoms with van der Waals surface area (Å²) in [7, 11) is 0. The maximum atomic E-state index is 14.2. The van der Waals surface area contributed by atoms with E-state index in [0.717, 1.165) is 0 Å². The van der Waals surface area contributed by atoms with Gasteiger partial charge in [-0.2, -0.15) is 0 Å². The van der Waals surface area contributed by atoms with Crippen LogP contribution in [0.25, 0.3) is 0 Å². The Bertz CT molecular complexity index is 2120. The Hall–Kier alpha value is -6.26. The van der Waals surface area contributed by atoms with Crippen LogP contribution in [0.4, 0.5) is 0 Å². The summed E-state index contributed by atoms with van der Waals surface area (Å²) in [6, 6.07) is 3.61. The second-order valence-corrected chi connectivity index (χ2v) is 19.6. The molecular weight excluding hydrogens is 971 g/mol. The molecule has 0 aromatic heterocycles. The van der Waals surface area contributed by atoms with Gasteiger partial charge in [-0.05, 0) is 71.3 Å². The molecule has 1 aromatic carbocycles. The number of ketones is 6. The number of aliphatic hydroxyl groups excluding tert-OH is 2. The van der Waals surface area contributed by atoms with E-state index in [9.17, 15) is 63.0 Å². The summed E-state index contributed by atoms with van der Waals surface area (Å²) in [5.41, 5.74) is 17.8. The number of hydrogen-bond donors (Lipinski definition) is 10. The zero-order valence-corrected chi connectivity index (χ0v) is 44.2. The Balaban J connectivity index is 0.0000289. The SMILES string of the molecule is CCC(=O)CCCCC[C@H](N)C(=O)CCC(=O)N[C@H]1CCC(=O)NCCCC[C@@H](C(=O)C[C@H](C(C)=O)[C@@H](C)O)CC(=O)[C@H]([C@@H](C)O)CC(=O)CNC(=O)[C@H](Cc2ccccc2)NC(=O)[C@H](CCCN=C(N)N)NC1=O.[3HH]. The summed E-state index contributed by atoms with van der Waals surface area (Å²) in [4.78, 5) is 151. The zero-order valence-electron chi connectivity index (χ0n) is 44.2. The number of unbranched alkanes of at least 4 members (excludes halogenated alkanes) is 2. The van der Waals surface area contributed by atoms with Crippen LogP contribution < -0.4 is 43.8 Å².